The van der Waals surface area contributed by atoms with Crippen LogP contribution in [0.5, 0.6) is 0 Å². The van der Waals surface area contributed by atoms with E-state index < -0.39 is 10.2 Å². The molecule has 2 aliphatic rings. The van der Waals surface area contributed by atoms with Crippen molar-refractivity contribution in [2.75, 3.05) is 26.3 Å². The Kier molecular flexibility index (Phi) is 2.10. The second-order valence-electron chi connectivity index (χ2n) is 3.97. The van der Waals surface area contributed by atoms with Gasteiger partial charge in [0.2, 0.25) is 0 Å². The molecule has 2 heterocycles. The van der Waals surface area contributed by atoms with Gasteiger partial charge in [0.15, 0.2) is 0 Å². The maximum Gasteiger partial charge on any atom is 0.276 e. The van der Waals surface area contributed by atoms with Gasteiger partial charge in [0, 0.05) is 18.5 Å². The molecule has 0 saturated carbocycles. The first-order chi connectivity index (χ1) is 6.02. The minimum absolute atomic E-state index is 0.0741. The lowest BCUT2D eigenvalue weighted by molar-refractivity contribution is -0.133. The van der Waals surface area contributed by atoms with E-state index in [0.717, 1.165) is 12.8 Å². The highest BCUT2D eigenvalue weighted by molar-refractivity contribution is 7.86. The van der Waals surface area contributed by atoms with Gasteiger partial charge in [-0.1, -0.05) is 0 Å². The summed E-state index contributed by atoms with van der Waals surface area (Å²) in [6.45, 7) is 2.45. The summed E-state index contributed by atoms with van der Waals surface area (Å²) < 4.78 is 28.6. The van der Waals surface area contributed by atoms with Crippen molar-refractivity contribution in [2.45, 2.75) is 12.8 Å². The van der Waals surface area contributed by atoms with E-state index in [0.29, 0.717) is 26.3 Å². The molecule has 0 aliphatic carbocycles. The molecular formula is C7H14N2O3S. The monoisotopic (exact) mass is 206 g/mol. The summed E-state index contributed by atoms with van der Waals surface area (Å²) in [7, 11) is -3.50. The molecule has 2 saturated heterocycles. The van der Waals surface area contributed by atoms with Crippen molar-refractivity contribution in [3.05, 3.63) is 0 Å². The van der Waals surface area contributed by atoms with E-state index in [9.17, 15) is 8.42 Å². The minimum atomic E-state index is -3.50. The van der Waals surface area contributed by atoms with Crippen molar-refractivity contribution in [3.63, 3.8) is 0 Å². The fourth-order valence-electron chi connectivity index (χ4n) is 2.01. The fraction of sp³-hybridized carbons (Fsp3) is 1.00. The molecule has 0 atom stereocenters. The van der Waals surface area contributed by atoms with Gasteiger partial charge in [-0.15, -0.1) is 0 Å². The van der Waals surface area contributed by atoms with Crippen LogP contribution in [0.3, 0.4) is 0 Å². The zero-order valence-corrected chi connectivity index (χ0v) is 8.22. The molecule has 0 radical (unpaired) electrons. The van der Waals surface area contributed by atoms with Gasteiger partial charge in [0.05, 0.1) is 13.2 Å². The molecule has 1 spiro atoms. The Labute approximate surface area is 78.0 Å². The van der Waals surface area contributed by atoms with Crippen molar-refractivity contribution in [2.24, 2.45) is 10.6 Å². The van der Waals surface area contributed by atoms with Crippen LogP contribution in [-0.2, 0) is 14.9 Å². The zero-order chi connectivity index (χ0) is 9.53. The summed E-state index contributed by atoms with van der Waals surface area (Å²) in [4.78, 5) is 0. The molecule has 0 bridgehead atoms. The van der Waals surface area contributed by atoms with Crippen LogP contribution >= 0.6 is 0 Å². The number of ether oxygens (including phenoxy) is 1. The summed E-state index contributed by atoms with van der Waals surface area (Å²) in [5.41, 5.74) is 0.0741. The topological polar surface area (TPSA) is 72.6 Å². The van der Waals surface area contributed by atoms with Crippen LogP contribution in [0.15, 0.2) is 0 Å². The molecular weight excluding hydrogens is 192 g/mol. The Bertz CT molecular complexity index is 297. The third-order valence-corrected chi connectivity index (χ3v) is 3.83. The number of rotatable bonds is 1. The van der Waals surface area contributed by atoms with Gasteiger partial charge in [0.1, 0.15) is 0 Å². The van der Waals surface area contributed by atoms with E-state index in [-0.39, 0.29) is 5.41 Å². The molecule has 0 unspecified atom stereocenters. The van der Waals surface area contributed by atoms with Crippen molar-refractivity contribution in [1.82, 2.24) is 4.31 Å². The number of hydrogen-bond donors (Lipinski definition) is 1. The van der Waals surface area contributed by atoms with E-state index in [1.54, 1.807) is 0 Å². The predicted molar refractivity (Wildman–Crippen MR) is 47.2 cm³/mol. The summed E-state index contributed by atoms with van der Waals surface area (Å²) in [5.74, 6) is 0. The summed E-state index contributed by atoms with van der Waals surface area (Å²) in [5, 5.41) is 5.07. The normalized spacial score (nSPS) is 28.7. The van der Waals surface area contributed by atoms with E-state index in [2.05, 4.69) is 0 Å². The van der Waals surface area contributed by atoms with Gasteiger partial charge >= 0.3 is 0 Å². The molecule has 2 fully saturated rings. The lowest BCUT2D eigenvalue weighted by Gasteiger charge is -2.47. The van der Waals surface area contributed by atoms with Gasteiger partial charge in [-0.2, -0.15) is 12.7 Å². The van der Waals surface area contributed by atoms with Gasteiger partial charge < -0.3 is 4.74 Å². The zero-order valence-electron chi connectivity index (χ0n) is 7.40. The molecule has 76 valence electrons. The first-order valence-corrected chi connectivity index (χ1v) is 5.88. The smallest absolute Gasteiger partial charge is 0.276 e. The summed E-state index contributed by atoms with van der Waals surface area (Å²) in [6, 6.07) is 0. The average molecular weight is 206 g/mol. The van der Waals surface area contributed by atoms with Crippen LogP contribution in [0.4, 0.5) is 0 Å². The van der Waals surface area contributed by atoms with E-state index >= 15 is 0 Å². The number of piperidine rings is 1. The lowest BCUT2D eigenvalue weighted by Crippen LogP contribution is -2.56. The van der Waals surface area contributed by atoms with Gasteiger partial charge in [-0.25, -0.2) is 5.14 Å². The molecule has 5 nitrogen and oxygen atoms in total. The fourth-order valence-corrected chi connectivity index (χ4v) is 2.84. The maximum atomic E-state index is 11.1. The summed E-state index contributed by atoms with van der Waals surface area (Å²) in [6.07, 6.45) is 1.94. The minimum Gasteiger partial charge on any atom is -0.380 e. The number of hydrogen-bond acceptors (Lipinski definition) is 3. The van der Waals surface area contributed by atoms with Crippen molar-refractivity contribution in [1.29, 1.82) is 0 Å². The first kappa shape index (κ1) is 9.39. The molecule has 6 heteroatoms. The number of nitrogens with zero attached hydrogens (tertiary/aromatic N) is 1. The lowest BCUT2D eigenvalue weighted by atomic mass is 9.79. The Hall–Kier alpha value is -0.170. The van der Waals surface area contributed by atoms with Crippen molar-refractivity contribution >= 4 is 10.2 Å². The molecule has 2 N–H and O–H groups in total. The van der Waals surface area contributed by atoms with Crippen LogP contribution in [-0.4, -0.2) is 39.0 Å². The second kappa shape index (κ2) is 2.91. The molecule has 0 aromatic heterocycles. The Morgan fingerprint density at radius 1 is 1.38 bits per heavy atom. The molecule has 0 amide bonds. The molecule has 2 aliphatic heterocycles. The first-order valence-electron chi connectivity index (χ1n) is 4.38. The Balaban J connectivity index is 2.08. The molecule has 0 aromatic rings. The van der Waals surface area contributed by atoms with Gasteiger partial charge in [0.25, 0.3) is 10.2 Å². The highest BCUT2D eigenvalue weighted by atomic mass is 32.2. The van der Waals surface area contributed by atoms with Crippen LogP contribution in [0, 0.1) is 5.41 Å². The second-order valence-corrected chi connectivity index (χ2v) is 5.52. The largest absolute Gasteiger partial charge is 0.380 e. The van der Waals surface area contributed by atoms with Crippen LogP contribution in [0.2, 0.25) is 0 Å². The molecule has 2 rings (SSSR count). The molecule has 0 aromatic carbocycles. The van der Waals surface area contributed by atoms with Crippen LogP contribution < -0.4 is 5.14 Å². The quantitative estimate of drug-likeness (QED) is 0.616. The van der Waals surface area contributed by atoms with E-state index in [4.69, 9.17) is 9.88 Å². The van der Waals surface area contributed by atoms with Gasteiger partial charge in [-0.05, 0) is 12.8 Å². The van der Waals surface area contributed by atoms with Crippen molar-refractivity contribution < 1.29 is 13.2 Å². The standard InChI is InChI=1S/C7H14N2O3S/c8-13(10,11)9-3-1-2-7(4-9)5-12-6-7/h1-6H2,(H2,8,10,11). The molecule has 13 heavy (non-hydrogen) atoms. The predicted octanol–water partition coefficient (Wildman–Crippen LogP) is -0.698. The Morgan fingerprint density at radius 2 is 2.08 bits per heavy atom. The van der Waals surface area contributed by atoms with Crippen molar-refractivity contribution in [3.8, 4) is 0 Å². The SMILES string of the molecule is NS(=O)(=O)N1CCCC2(COC2)C1. The van der Waals surface area contributed by atoms with E-state index in [1.165, 1.54) is 4.31 Å². The third kappa shape index (κ3) is 1.71. The summed E-state index contributed by atoms with van der Waals surface area (Å²) >= 11 is 0. The number of nitrogens with two attached hydrogens (primary N) is 1. The third-order valence-electron chi connectivity index (χ3n) is 2.80. The van der Waals surface area contributed by atoms with Gasteiger partial charge in [-0.3, -0.25) is 0 Å². The highest BCUT2D eigenvalue weighted by Gasteiger charge is 2.44. The highest BCUT2D eigenvalue weighted by Crippen LogP contribution is 2.37. The van der Waals surface area contributed by atoms with E-state index in [1.807, 2.05) is 0 Å². The maximum absolute atomic E-state index is 11.1. The van der Waals surface area contributed by atoms with Crippen LogP contribution in [0.25, 0.3) is 0 Å². The van der Waals surface area contributed by atoms with Crippen LogP contribution in [0.1, 0.15) is 12.8 Å². The Morgan fingerprint density at radius 3 is 2.54 bits per heavy atom. The average Bonchev–Trinajstić information content (AvgIpc) is 2.00.